The van der Waals surface area contributed by atoms with E-state index in [0.29, 0.717) is 0 Å². The van der Waals surface area contributed by atoms with Crippen LogP contribution in [0.2, 0.25) is 0 Å². The normalized spacial score (nSPS) is 10.4. The molecule has 0 aliphatic rings. The Kier molecular flexibility index (Phi) is 5.06. The number of nitrogens with zero attached hydrogens (tertiary/aromatic N) is 1. The van der Waals surface area contributed by atoms with E-state index in [1.54, 1.807) is 11.3 Å². The summed E-state index contributed by atoms with van der Waals surface area (Å²) in [5.41, 5.74) is 2.18. The Labute approximate surface area is 116 Å². The Bertz CT molecular complexity index is 524. The van der Waals surface area contributed by atoms with Crippen LogP contribution in [0.4, 0.5) is 5.69 Å². The standard InChI is InChI=1S/C14H17N3OS/c1-11(18)17-13-5-9-19-14(13)10-16-8-4-12-2-6-15-7-3-12/h2-3,5-7,9,16H,4,8,10H2,1H3,(H,17,18). The summed E-state index contributed by atoms with van der Waals surface area (Å²) in [5, 5.41) is 8.22. The van der Waals surface area contributed by atoms with E-state index in [4.69, 9.17) is 0 Å². The minimum Gasteiger partial charge on any atom is -0.325 e. The second kappa shape index (κ2) is 7.01. The Hall–Kier alpha value is -1.72. The molecule has 5 heteroatoms. The van der Waals surface area contributed by atoms with Crippen LogP contribution in [0.25, 0.3) is 0 Å². The second-order valence-corrected chi connectivity index (χ2v) is 5.22. The van der Waals surface area contributed by atoms with Crippen LogP contribution < -0.4 is 10.6 Å². The highest BCUT2D eigenvalue weighted by atomic mass is 32.1. The van der Waals surface area contributed by atoms with Crippen molar-refractivity contribution in [3.63, 3.8) is 0 Å². The number of amides is 1. The van der Waals surface area contributed by atoms with Crippen molar-refractivity contribution >= 4 is 22.9 Å². The molecule has 100 valence electrons. The first-order valence-corrected chi connectivity index (χ1v) is 7.07. The van der Waals surface area contributed by atoms with Gasteiger partial charge in [-0.2, -0.15) is 0 Å². The number of carbonyl (C=O) groups excluding carboxylic acids is 1. The van der Waals surface area contributed by atoms with Gasteiger partial charge in [0.2, 0.25) is 5.91 Å². The molecule has 0 atom stereocenters. The fraction of sp³-hybridized carbons (Fsp3) is 0.286. The minimum atomic E-state index is -0.0311. The van der Waals surface area contributed by atoms with Gasteiger partial charge in [-0.05, 0) is 42.1 Å². The summed E-state index contributed by atoms with van der Waals surface area (Å²) in [7, 11) is 0. The molecule has 2 N–H and O–H groups in total. The number of nitrogens with one attached hydrogen (secondary N) is 2. The van der Waals surface area contributed by atoms with Gasteiger partial charge < -0.3 is 10.6 Å². The molecule has 0 aliphatic heterocycles. The molecule has 0 saturated carbocycles. The quantitative estimate of drug-likeness (QED) is 0.796. The molecule has 2 aromatic rings. The molecule has 19 heavy (non-hydrogen) atoms. The maximum absolute atomic E-state index is 11.0. The third-order valence-electron chi connectivity index (χ3n) is 2.68. The van der Waals surface area contributed by atoms with Gasteiger partial charge in [-0.25, -0.2) is 0 Å². The maximum Gasteiger partial charge on any atom is 0.221 e. The second-order valence-electron chi connectivity index (χ2n) is 4.22. The largest absolute Gasteiger partial charge is 0.325 e. The molecule has 0 radical (unpaired) electrons. The minimum absolute atomic E-state index is 0.0311. The van der Waals surface area contributed by atoms with E-state index in [1.807, 2.05) is 36.0 Å². The first-order valence-electron chi connectivity index (χ1n) is 6.19. The predicted octanol–water partition coefficient (Wildman–Crippen LogP) is 2.43. The average molecular weight is 275 g/mol. The number of hydrogen-bond acceptors (Lipinski definition) is 4. The molecular weight excluding hydrogens is 258 g/mol. The van der Waals surface area contributed by atoms with E-state index in [1.165, 1.54) is 12.5 Å². The van der Waals surface area contributed by atoms with Gasteiger partial charge in [0.1, 0.15) is 0 Å². The molecule has 0 unspecified atom stereocenters. The van der Waals surface area contributed by atoms with Crippen molar-refractivity contribution in [3.05, 3.63) is 46.4 Å². The first-order chi connectivity index (χ1) is 9.25. The average Bonchev–Trinajstić information content (AvgIpc) is 2.82. The van der Waals surface area contributed by atoms with Gasteiger partial charge >= 0.3 is 0 Å². The zero-order valence-electron chi connectivity index (χ0n) is 10.8. The summed E-state index contributed by atoms with van der Waals surface area (Å²) in [5.74, 6) is -0.0311. The number of pyridine rings is 1. The lowest BCUT2D eigenvalue weighted by Crippen LogP contribution is -2.17. The number of anilines is 1. The summed E-state index contributed by atoms with van der Waals surface area (Å²) in [4.78, 5) is 16.2. The van der Waals surface area contributed by atoms with Gasteiger partial charge in [0, 0.05) is 30.7 Å². The highest BCUT2D eigenvalue weighted by Gasteiger charge is 2.04. The molecular formula is C14H17N3OS. The molecule has 1 amide bonds. The van der Waals surface area contributed by atoms with Gasteiger partial charge in [0.15, 0.2) is 0 Å². The van der Waals surface area contributed by atoms with Crippen LogP contribution in [-0.2, 0) is 17.8 Å². The summed E-state index contributed by atoms with van der Waals surface area (Å²) in [6, 6.07) is 5.98. The fourth-order valence-corrected chi connectivity index (χ4v) is 2.56. The van der Waals surface area contributed by atoms with Gasteiger partial charge in [-0.15, -0.1) is 11.3 Å². The van der Waals surface area contributed by atoms with Gasteiger partial charge in [-0.3, -0.25) is 9.78 Å². The lowest BCUT2D eigenvalue weighted by atomic mass is 10.2. The van der Waals surface area contributed by atoms with Crippen LogP contribution in [0.15, 0.2) is 36.0 Å². The number of hydrogen-bond donors (Lipinski definition) is 2. The van der Waals surface area contributed by atoms with Crippen molar-refractivity contribution in [2.24, 2.45) is 0 Å². The number of rotatable bonds is 6. The third-order valence-corrected chi connectivity index (χ3v) is 3.60. The molecule has 2 rings (SSSR count). The maximum atomic E-state index is 11.0. The fourth-order valence-electron chi connectivity index (χ4n) is 1.76. The van der Waals surface area contributed by atoms with Crippen molar-refractivity contribution in [2.75, 3.05) is 11.9 Å². The molecule has 0 aromatic carbocycles. The molecule has 2 heterocycles. The van der Waals surface area contributed by atoms with E-state index in [9.17, 15) is 4.79 Å². The van der Waals surface area contributed by atoms with E-state index >= 15 is 0 Å². The SMILES string of the molecule is CC(=O)Nc1ccsc1CNCCc1ccncc1. The van der Waals surface area contributed by atoms with E-state index in [2.05, 4.69) is 15.6 Å². The smallest absolute Gasteiger partial charge is 0.221 e. The Morgan fingerprint density at radius 3 is 2.84 bits per heavy atom. The third kappa shape index (κ3) is 4.46. The molecule has 2 aromatic heterocycles. The zero-order chi connectivity index (χ0) is 13.5. The van der Waals surface area contributed by atoms with Crippen LogP contribution in [0, 0.1) is 0 Å². The first kappa shape index (κ1) is 13.7. The summed E-state index contributed by atoms with van der Waals surface area (Å²) in [6.07, 6.45) is 4.59. The number of carbonyl (C=O) groups is 1. The van der Waals surface area contributed by atoms with Gasteiger partial charge in [0.25, 0.3) is 0 Å². The van der Waals surface area contributed by atoms with Crippen molar-refractivity contribution in [1.82, 2.24) is 10.3 Å². The summed E-state index contributed by atoms with van der Waals surface area (Å²) >= 11 is 1.65. The topological polar surface area (TPSA) is 54.0 Å². The van der Waals surface area contributed by atoms with Crippen LogP contribution in [0.1, 0.15) is 17.4 Å². The lowest BCUT2D eigenvalue weighted by molar-refractivity contribution is -0.114. The summed E-state index contributed by atoms with van der Waals surface area (Å²) < 4.78 is 0. The van der Waals surface area contributed by atoms with Crippen LogP contribution in [0.3, 0.4) is 0 Å². The highest BCUT2D eigenvalue weighted by Crippen LogP contribution is 2.21. The Balaban J connectivity index is 1.77. The number of thiophene rings is 1. The van der Waals surface area contributed by atoms with Gasteiger partial charge in [-0.1, -0.05) is 0 Å². The molecule has 0 aliphatic carbocycles. The van der Waals surface area contributed by atoms with E-state index in [0.717, 1.165) is 30.1 Å². The molecule has 0 fully saturated rings. The van der Waals surface area contributed by atoms with Gasteiger partial charge in [0.05, 0.1) is 5.69 Å². The molecule has 0 saturated heterocycles. The van der Waals surface area contributed by atoms with Crippen molar-refractivity contribution < 1.29 is 4.79 Å². The molecule has 0 bridgehead atoms. The van der Waals surface area contributed by atoms with Crippen molar-refractivity contribution in [1.29, 1.82) is 0 Å². The van der Waals surface area contributed by atoms with Crippen molar-refractivity contribution in [2.45, 2.75) is 19.9 Å². The zero-order valence-corrected chi connectivity index (χ0v) is 11.7. The summed E-state index contributed by atoms with van der Waals surface area (Å²) in [6.45, 7) is 3.21. The number of aromatic nitrogens is 1. The lowest BCUT2D eigenvalue weighted by Gasteiger charge is -2.06. The Morgan fingerprint density at radius 1 is 1.32 bits per heavy atom. The van der Waals surface area contributed by atoms with Crippen LogP contribution in [0.5, 0.6) is 0 Å². The van der Waals surface area contributed by atoms with Crippen LogP contribution >= 0.6 is 11.3 Å². The Morgan fingerprint density at radius 2 is 2.11 bits per heavy atom. The predicted molar refractivity (Wildman–Crippen MR) is 78.3 cm³/mol. The van der Waals surface area contributed by atoms with E-state index < -0.39 is 0 Å². The van der Waals surface area contributed by atoms with E-state index in [-0.39, 0.29) is 5.91 Å². The highest BCUT2D eigenvalue weighted by molar-refractivity contribution is 7.10. The monoisotopic (exact) mass is 275 g/mol. The van der Waals surface area contributed by atoms with Crippen molar-refractivity contribution in [3.8, 4) is 0 Å². The molecule has 0 spiro atoms. The van der Waals surface area contributed by atoms with Crippen LogP contribution in [-0.4, -0.2) is 17.4 Å². The molecule has 4 nitrogen and oxygen atoms in total.